The van der Waals surface area contributed by atoms with Crippen LogP contribution < -0.4 is 0 Å². The van der Waals surface area contributed by atoms with E-state index in [1.807, 2.05) is 17.2 Å². The highest BCUT2D eigenvalue weighted by molar-refractivity contribution is 5.83. The zero-order valence-electron chi connectivity index (χ0n) is 13.2. The van der Waals surface area contributed by atoms with Gasteiger partial charge in [-0.3, -0.25) is 9.78 Å². The fraction of sp³-hybridized carbons (Fsp3) is 0.529. The summed E-state index contributed by atoms with van der Waals surface area (Å²) >= 11 is 0. The van der Waals surface area contributed by atoms with Crippen LogP contribution in [0.3, 0.4) is 0 Å². The summed E-state index contributed by atoms with van der Waals surface area (Å²) in [4.78, 5) is 23.2. The second kappa shape index (κ2) is 5.76. The molecule has 6 nitrogen and oxygen atoms in total. The number of aromatic nitrogens is 3. The van der Waals surface area contributed by atoms with Gasteiger partial charge < -0.3 is 9.42 Å². The topological polar surface area (TPSA) is 72.1 Å². The van der Waals surface area contributed by atoms with Crippen molar-refractivity contribution in [3.8, 4) is 0 Å². The molecule has 1 aliphatic heterocycles. The molecule has 2 aliphatic rings. The summed E-state index contributed by atoms with van der Waals surface area (Å²) < 4.78 is 5.08. The van der Waals surface area contributed by atoms with E-state index in [2.05, 4.69) is 21.2 Å². The van der Waals surface area contributed by atoms with Crippen molar-refractivity contribution in [2.45, 2.75) is 38.0 Å². The number of amides is 1. The molecule has 23 heavy (non-hydrogen) atoms. The van der Waals surface area contributed by atoms with E-state index in [4.69, 9.17) is 4.52 Å². The zero-order chi connectivity index (χ0) is 15.8. The monoisotopic (exact) mass is 312 g/mol. The summed E-state index contributed by atoms with van der Waals surface area (Å²) in [5.74, 6) is 2.24. The molecule has 120 valence electrons. The maximum Gasteiger partial charge on any atom is 0.226 e. The Labute approximate surface area is 134 Å². The van der Waals surface area contributed by atoms with Gasteiger partial charge in [-0.15, -0.1) is 0 Å². The minimum atomic E-state index is 0.116. The largest absolute Gasteiger partial charge is 0.342 e. The number of piperidine rings is 1. The first kappa shape index (κ1) is 14.4. The van der Waals surface area contributed by atoms with E-state index < -0.39 is 0 Å². The van der Waals surface area contributed by atoms with Gasteiger partial charge in [0, 0.05) is 44.2 Å². The van der Waals surface area contributed by atoms with Crippen LogP contribution in [0.25, 0.3) is 0 Å². The van der Waals surface area contributed by atoms with Crippen molar-refractivity contribution in [3.63, 3.8) is 0 Å². The second-order valence-electron chi connectivity index (χ2n) is 6.53. The number of nitrogens with zero attached hydrogens (tertiary/aromatic N) is 4. The predicted molar refractivity (Wildman–Crippen MR) is 82.7 cm³/mol. The number of carbonyl (C=O) groups excluding carboxylic acids is 1. The van der Waals surface area contributed by atoms with E-state index in [-0.39, 0.29) is 17.7 Å². The van der Waals surface area contributed by atoms with E-state index in [1.54, 1.807) is 13.1 Å². The van der Waals surface area contributed by atoms with Gasteiger partial charge in [0.2, 0.25) is 11.8 Å². The molecule has 0 N–H and O–H groups in total. The van der Waals surface area contributed by atoms with Crippen LogP contribution in [0.5, 0.6) is 0 Å². The third-order valence-corrected chi connectivity index (χ3v) is 4.86. The molecule has 4 rings (SSSR count). The van der Waals surface area contributed by atoms with Gasteiger partial charge in [-0.1, -0.05) is 11.2 Å². The maximum atomic E-state index is 12.8. The Kier molecular flexibility index (Phi) is 3.59. The Hall–Kier alpha value is -2.24. The molecular weight excluding hydrogens is 292 g/mol. The van der Waals surface area contributed by atoms with Crippen LogP contribution in [0.1, 0.15) is 48.4 Å². The van der Waals surface area contributed by atoms with Crippen LogP contribution >= 0.6 is 0 Å². The second-order valence-corrected chi connectivity index (χ2v) is 6.53. The molecule has 3 heterocycles. The lowest BCUT2D eigenvalue weighted by molar-refractivity contribution is -0.133. The first-order valence-corrected chi connectivity index (χ1v) is 8.21. The fourth-order valence-corrected chi connectivity index (χ4v) is 3.53. The number of carbonyl (C=O) groups is 1. The Balaban J connectivity index is 1.41. The van der Waals surface area contributed by atoms with Gasteiger partial charge in [-0.25, -0.2) is 0 Å². The molecule has 2 aromatic rings. The highest BCUT2D eigenvalue weighted by Gasteiger charge is 2.46. The zero-order valence-corrected chi connectivity index (χ0v) is 13.2. The number of hydrogen-bond acceptors (Lipinski definition) is 5. The van der Waals surface area contributed by atoms with Crippen molar-refractivity contribution < 1.29 is 9.32 Å². The van der Waals surface area contributed by atoms with E-state index in [1.165, 1.54) is 5.56 Å². The molecule has 2 fully saturated rings. The lowest BCUT2D eigenvalue weighted by Crippen LogP contribution is -2.40. The normalized spacial score (nSPS) is 27.0. The van der Waals surface area contributed by atoms with Gasteiger partial charge in [0.05, 0.1) is 0 Å². The van der Waals surface area contributed by atoms with Gasteiger partial charge in [-0.05, 0) is 36.8 Å². The summed E-state index contributed by atoms with van der Waals surface area (Å²) in [5.41, 5.74) is 1.17. The quantitative estimate of drug-likeness (QED) is 0.869. The molecule has 0 radical (unpaired) electrons. The summed E-state index contributed by atoms with van der Waals surface area (Å²) in [6, 6.07) is 4.00. The molecule has 3 atom stereocenters. The van der Waals surface area contributed by atoms with Gasteiger partial charge in [0.25, 0.3) is 0 Å². The minimum absolute atomic E-state index is 0.116. The highest BCUT2D eigenvalue weighted by Crippen LogP contribution is 2.48. The van der Waals surface area contributed by atoms with Gasteiger partial charge in [0.1, 0.15) is 0 Å². The number of hydrogen-bond donors (Lipinski definition) is 0. The molecule has 1 saturated carbocycles. The van der Waals surface area contributed by atoms with Gasteiger partial charge in [-0.2, -0.15) is 4.98 Å². The lowest BCUT2D eigenvalue weighted by atomic mass is 9.97. The van der Waals surface area contributed by atoms with Crippen LogP contribution in [0.4, 0.5) is 0 Å². The average Bonchev–Trinajstić information content (AvgIpc) is 3.29. The van der Waals surface area contributed by atoms with Crippen LogP contribution in [0.15, 0.2) is 29.0 Å². The summed E-state index contributed by atoms with van der Waals surface area (Å²) in [6.45, 7) is 3.33. The maximum absolute atomic E-state index is 12.8. The third-order valence-electron chi connectivity index (χ3n) is 4.86. The van der Waals surface area contributed by atoms with Crippen molar-refractivity contribution in [2.75, 3.05) is 13.1 Å². The van der Waals surface area contributed by atoms with Crippen LogP contribution in [0, 0.1) is 12.8 Å². The van der Waals surface area contributed by atoms with Gasteiger partial charge in [0.15, 0.2) is 5.82 Å². The summed E-state index contributed by atoms with van der Waals surface area (Å²) in [6.07, 6.45) is 6.59. The van der Waals surface area contributed by atoms with E-state index in [9.17, 15) is 4.79 Å². The van der Waals surface area contributed by atoms with Gasteiger partial charge >= 0.3 is 0 Å². The number of likely N-dealkylation sites (tertiary alicyclic amines) is 1. The van der Waals surface area contributed by atoms with Crippen LogP contribution in [0.2, 0.25) is 0 Å². The molecule has 0 unspecified atom stereocenters. The molecule has 1 aliphatic carbocycles. The Morgan fingerprint density at radius 3 is 3.09 bits per heavy atom. The van der Waals surface area contributed by atoms with E-state index in [0.717, 1.165) is 31.6 Å². The number of pyridine rings is 1. The van der Waals surface area contributed by atoms with Crippen molar-refractivity contribution >= 4 is 5.91 Å². The molecule has 1 amide bonds. The van der Waals surface area contributed by atoms with Crippen molar-refractivity contribution in [2.24, 2.45) is 5.92 Å². The first-order valence-electron chi connectivity index (χ1n) is 8.21. The fourth-order valence-electron chi connectivity index (χ4n) is 3.53. The van der Waals surface area contributed by atoms with Crippen molar-refractivity contribution in [1.82, 2.24) is 20.0 Å². The molecule has 6 heteroatoms. The number of rotatable bonds is 3. The predicted octanol–water partition coefficient (Wildman–Crippen LogP) is 2.28. The average molecular weight is 312 g/mol. The molecular formula is C17H20N4O2. The summed E-state index contributed by atoms with van der Waals surface area (Å²) in [5, 5.41) is 4.02. The van der Waals surface area contributed by atoms with Crippen LogP contribution in [-0.2, 0) is 4.79 Å². The first-order chi connectivity index (χ1) is 11.2. The smallest absolute Gasteiger partial charge is 0.226 e. The SMILES string of the molecule is Cc1nc([C@@H]2CCCN(C(=O)[C@@H]3C[C@@H]3c3cccnc3)C2)no1. The lowest BCUT2D eigenvalue weighted by Gasteiger charge is -2.31. The Bertz CT molecular complexity index is 700. The van der Waals surface area contributed by atoms with E-state index >= 15 is 0 Å². The third kappa shape index (κ3) is 2.85. The van der Waals surface area contributed by atoms with Crippen molar-refractivity contribution in [1.29, 1.82) is 0 Å². The summed E-state index contributed by atoms with van der Waals surface area (Å²) in [7, 11) is 0. The molecule has 0 spiro atoms. The molecule has 0 aromatic carbocycles. The molecule has 2 aromatic heterocycles. The molecule has 1 saturated heterocycles. The highest BCUT2D eigenvalue weighted by atomic mass is 16.5. The Morgan fingerprint density at radius 2 is 2.35 bits per heavy atom. The van der Waals surface area contributed by atoms with Crippen LogP contribution in [-0.4, -0.2) is 39.0 Å². The minimum Gasteiger partial charge on any atom is -0.342 e. The Morgan fingerprint density at radius 1 is 1.43 bits per heavy atom. The molecule has 0 bridgehead atoms. The number of aryl methyl sites for hydroxylation is 1. The van der Waals surface area contributed by atoms with E-state index in [0.29, 0.717) is 18.4 Å². The standard InChI is InChI=1S/C17H20N4O2/c1-11-19-16(20-23-11)13-5-3-7-21(10-13)17(22)15-8-14(15)12-4-2-6-18-9-12/h2,4,6,9,13-15H,3,5,7-8,10H2,1H3/t13-,14-,15-/m1/s1. The van der Waals surface area contributed by atoms with Crippen molar-refractivity contribution in [3.05, 3.63) is 41.8 Å².